The standard InChI is InChI=1S/C14H25N3S/c1-2-17-9-5-6-12(17)10-15-13-16-14(11-18-13)7-3-4-8-14/h12H,2-11H2,1H3,(H,15,16). The first kappa shape index (κ1) is 12.8. The molecular weight excluding hydrogens is 242 g/mol. The van der Waals surface area contributed by atoms with Gasteiger partial charge in [0.1, 0.15) is 0 Å². The van der Waals surface area contributed by atoms with E-state index in [1.54, 1.807) is 0 Å². The van der Waals surface area contributed by atoms with Crippen molar-refractivity contribution in [2.24, 2.45) is 4.99 Å². The highest BCUT2D eigenvalue weighted by molar-refractivity contribution is 8.14. The van der Waals surface area contributed by atoms with Gasteiger partial charge in [0.05, 0.1) is 6.54 Å². The van der Waals surface area contributed by atoms with Gasteiger partial charge in [0.15, 0.2) is 5.17 Å². The number of amidine groups is 1. The lowest BCUT2D eigenvalue weighted by atomic mass is 10.0. The minimum Gasteiger partial charge on any atom is -0.359 e. The van der Waals surface area contributed by atoms with Crippen LogP contribution in [0.15, 0.2) is 4.99 Å². The molecule has 1 N–H and O–H groups in total. The van der Waals surface area contributed by atoms with E-state index in [0.717, 1.165) is 6.54 Å². The predicted octanol–water partition coefficient (Wildman–Crippen LogP) is 2.48. The van der Waals surface area contributed by atoms with E-state index in [1.807, 2.05) is 11.8 Å². The lowest BCUT2D eigenvalue weighted by molar-refractivity contribution is 0.273. The molecule has 1 spiro atoms. The van der Waals surface area contributed by atoms with Gasteiger partial charge in [-0.1, -0.05) is 31.5 Å². The number of likely N-dealkylation sites (N-methyl/N-ethyl adjacent to an activating group) is 1. The quantitative estimate of drug-likeness (QED) is 0.851. The molecule has 2 heterocycles. The van der Waals surface area contributed by atoms with Crippen LogP contribution in [0.1, 0.15) is 45.4 Å². The molecule has 3 fully saturated rings. The molecule has 0 amide bonds. The van der Waals surface area contributed by atoms with E-state index in [-0.39, 0.29) is 0 Å². The zero-order valence-electron chi connectivity index (χ0n) is 11.5. The minimum atomic E-state index is 0.420. The van der Waals surface area contributed by atoms with Gasteiger partial charge in [-0.2, -0.15) is 0 Å². The van der Waals surface area contributed by atoms with Crippen molar-refractivity contribution in [3.8, 4) is 0 Å². The van der Waals surface area contributed by atoms with Crippen LogP contribution >= 0.6 is 11.8 Å². The first-order chi connectivity index (χ1) is 8.81. The van der Waals surface area contributed by atoms with Gasteiger partial charge in [0, 0.05) is 17.3 Å². The van der Waals surface area contributed by atoms with Crippen molar-refractivity contribution in [2.75, 3.05) is 25.4 Å². The van der Waals surface area contributed by atoms with Gasteiger partial charge >= 0.3 is 0 Å². The molecule has 1 atom stereocenters. The van der Waals surface area contributed by atoms with Crippen LogP contribution in [0.3, 0.4) is 0 Å². The summed E-state index contributed by atoms with van der Waals surface area (Å²) in [5.41, 5.74) is 0.420. The van der Waals surface area contributed by atoms with Crippen LogP contribution in [0.25, 0.3) is 0 Å². The van der Waals surface area contributed by atoms with E-state index >= 15 is 0 Å². The van der Waals surface area contributed by atoms with Crippen molar-refractivity contribution in [3.63, 3.8) is 0 Å². The molecule has 3 aliphatic rings. The summed E-state index contributed by atoms with van der Waals surface area (Å²) in [7, 11) is 0. The van der Waals surface area contributed by atoms with E-state index in [0.29, 0.717) is 11.6 Å². The topological polar surface area (TPSA) is 27.6 Å². The Labute approximate surface area is 115 Å². The average molecular weight is 267 g/mol. The smallest absolute Gasteiger partial charge is 0.157 e. The number of thioether (sulfide) groups is 1. The van der Waals surface area contributed by atoms with E-state index < -0.39 is 0 Å². The van der Waals surface area contributed by atoms with Gasteiger partial charge in [0.2, 0.25) is 0 Å². The molecule has 4 heteroatoms. The summed E-state index contributed by atoms with van der Waals surface area (Å²) in [5.74, 6) is 1.24. The van der Waals surface area contributed by atoms with Crippen molar-refractivity contribution in [2.45, 2.75) is 57.0 Å². The average Bonchev–Trinajstić information content (AvgIpc) is 3.10. The third-order valence-electron chi connectivity index (χ3n) is 4.77. The molecule has 1 unspecified atom stereocenters. The largest absolute Gasteiger partial charge is 0.359 e. The second-order valence-electron chi connectivity index (χ2n) is 5.97. The maximum Gasteiger partial charge on any atom is 0.157 e. The lowest BCUT2D eigenvalue weighted by Crippen LogP contribution is -2.41. The maximum absolute atomic E-state index is 4.85. The molecule has 1 aliphatic carbocycles. The molecule has 2 saturated heterocycles. The van der Waals surface area contributed by atoms with Crippen molar-refractivity contribution >= 4 is 16.9 Å². The fourth-order valence-corrected chi connectivity index (χ4v) is 4.85. The van der Waals surface area contributed by atoms with Crippen molar-refractivity contribution in [3.05, 3.63) is 0 Å². The number of hydrogen-bond acceptors (Lipinski definition) is 3. The van der Waals surface area contributed by atoms with Crippen LogP contribution in [-0.2, 0) is 0 Å². The number of likely N-dealkylation sites (tertiary alicyclic amines) is 1. The summed E-state index contributed by atoms with van der Waals surface area (Å²) in [5, 5.41) is 4.94. The van der Waals surface area contributed by atoms with Crippen LogP contribution in [0, 0.1) is 0 Å². The van der Waals surface area contributed by atoms with E-state index in [1.165, 1.54) is 62.5 Å². The SMILES string of the molecule is CCN1CCCC1CN=C1NC2(CCCC2)CS1. The Morgan fingerprint density at radius 3 is 3.00 bits per heavy atom. The minimum absolute atomic E-state index is 0.420. The van der Waals surface area contributed by atoms with E-state index in [4.69, 9.17) is 4.99 Å². The van der Waals surface area contributed by atoms with Gasteiger partial charge in [-0.3, -0.25) is 9.89 Å². The Balaban J connectivity index is 1.54. The van der Waals surface area contributed by atoms with E-state index in [9.17, 15) is 0 Å². The van der Waals surface area contributed by atoms with Crippen LogP contribution in [0.4, 0.5) is 0 Å². The zero-order valence-corrected chi connectivity index (χ0v) is 12.3. The summed E-state index contributed by atoms with van der Waals surface area (Å²) < 4.78 is 0. The van der Waals surface area contributed by atoms with Gasteiger partial charge in [-0.05, 0) is 38.8 Å². The molecule has 0 aromatic heterocycles. The van der Waals surface area contributed by atoms with Gasteiger partial charge in [-0.15, -0.1) is 0 Å². The Morgan fingerprint density at radius 2 is 2.22 bits per heavy atom. The molecule has 0 aromatic carbocycles. The van der Waals surface area contributed by atoms with Crippen molar-refractivity contribution in [1.29, 1.82) is 0 Å². The number of hydrogen-bond donors (Lipinski definition) is 1. The zero-order chi connectivity index (χ0) is 12.4. The number of nitrogens with zero attached hydrogens (tertiary/aromatic N) is 2. The van der Waals surface area contributed by atoms with Gasteiger partial charge in [0.25, 0.3) is 0 Å². The molecule has 18 heavy (non-hydrogen) atoms. The number of aliphatic imine (C=N–C) groups is 1. The molecule has 0 bridgehead atoms. The molecule has 102 valence electrons. The summed E-state index contributed by atoms with van der Waals surface area (Å²) >= 11 is 1.95. The summed E-state index contributed by atoms with van der Waals surface area (Å²) in [6.07, 6.45) is 8.18. The van der Waals surface area contributed by atoms with E-state index in [2.05, 4.69) is 17.1 Å². The predicted molar refractivity (Wildman–Crippen MR) is 79.4 cm³/mol. The summed E-state index contributed by atoms with van der Waals surface area (Å²) in [4.78, 5) is 7.43. The van der Waals surface area contributed by atoms with Crippen molar-refractivity contribution in [1.82, 2.24) is 10.2 Å². The number of rotatable bonds is 3. The highest BCUT2D eigenvalue weighted by atomic mass is 32.2. The second kappa shape index (κ2) is 5.41. The Kier molecular flexibility index (Phi) is 3.85. The maximum atomic E-state index is 4.85. The fraction of sp³-hybridized carbons (Fsp3) is 0.929. The molecule has 3 rings (SSSR count). The normalized spacial score (nSPS) is 33.6. The highest BCUT2D eigenvalue weighted by Gasteiger charge is 2.39. The third-order valence-corrected chi connectivity index (χ3v) is 5.97. The fourth-order valence-electron chi connectivity index (χ4n) is 3.62. The lowest BCUT2D eigenvalue weighted by Gasteiger charge is -2.23. The van der Waals surface area contributed by atoms with Crippen LogP contribution < -0.4 is 5.32 Å². The summed E-state index contributed by atoms with van der Waals surface area (Å²) in [6, 6.07) is 0.699. The summed E-state index contributed by atoms with van der Waals surface area (Å²) in [6.45, 7) is 5.72. The molecule has 3 nitrogen and oxygen atoms in total. The Hall–Kier alpha value is -0.220. The molecule has 0 aromatic rings. The van der Waals surface area contributed by atoms with Crippen LogP contribution in [0.5, 0.6) is 0 Å². The third kappa shape index (κ3) is 2.55. The molecule has 0 radical (unpaired) electrons. The first-order valence-corrected chi connectivity index (χ1v) is 8.49. The second-order valence-corrected chi connectivity index (χ2v) is 6.94. The van der Waals surface area contributed by atoms with Gasteiger partial charge in [-0.25, -0.2) is 0 Å². The highest BCUT2D eigenvalue weighted by Crippen LogP contribution is 2.37. The molecular formula is C14H25N3S. The first-order valence-electron chi connectivity index (χ1n) is 7.51. The van der Waals surface area contributed by atoms with Crippen LogP contribution in [-0.4, -0.2) is 47.0 Å². The van der Waals surface area contributed by atoms with Crippen molar-refractivity contribution < 1.29 is 0 Å². The number of nitrogens with one attached hydrogen (secondary N) is 1. The monoisotopic (exact) mass is 267 g/mol. The van der Waals surface area contributed by atoms with Crippen LogP contribution in [0.2, 0.25) is 0 Å². The molecule has 1 saturated carbocycles. The molecule has 2 aliphatic heterocycles. The Morgan fingerprint density at radius 1 is 1.39 bits per heavy atom. The Bertz CT molecular complexity index is 323. The van der Waals surface area contributed by atoms with Gasteiger partial charge < -0.3 is 5.32 Å².